The van der Waals surface area contributed by atoms with Crippen LogP contribution in [0.15, 0.2) is 95.4 Å². The summed E-state index contributed by atoms with van der Waals surface area (Å²) < 4.78 is 34.7. The maximum Gasteiger partial charge on any atom is 0.266 e. The Morgan fingerprint density at radius 1 is 0.974 bits per heavy atom. The molecule has 3 N–H and O–H groups in total. The molecule has 192 valence electrons. The number of ether oxygens (including phenoxy) is 2. The van der Waals surface area contributed by atoms with Gasteiger partial charge in [-0.15, -0.1) is 0 Å². The lowest BCUT2D eigenvalue weighted by atomic mass is 10.1. The molecule has 0 atom stereocenters. The predicted molar refractivity (Wildman–Crippen MR) is 146 cm³/mol. The number of nitriles is 1. The van der Waals surface area contributed by atoms with E-state index in [-0.39, 0.29) is 10.5 Å². The molecule has 4 aromatic rings. The van der Waals surface area contributed by atoms with E-state index in [1.54, 1.807) is 18.2 Å². The Kier molecular flexibility index (Phi) is 8.06. The second kappa shape index (κ2) is 11.6. The van der Waals surface area contributed by atoms with E-state index in [0.29, 0.717) is 36.0 Å². The van der Waals surface area contributed by atoms with E-state index in [0.717, 1.165) is 16.3 Å². The summed E-state index contributed by atoms with van der Waals surface area (Å²) in [6, 6.07) is 26.5. The van der Waals surface area contributed by atoms with Crippen LogP contribution in [0.25, 0.3) is 16.8 Å². The Labute approximate surface area is 221 Å². The second-order valence-electron chi connectivity index (χ2n) is 8.26. The highest BCUT2D eigenvalue weighted by molar-refractivity contribution is 7.89. The molecule has 1 amide bonds. The average Bonchev–Trinajstić information content (AvgIpc) is 2.91. The monoisotopic (exact) mass is 527 g/mol. The smallest absolute Gasteiger partial charge is 0.266 e. The largest absolute Gasteiger partial charge is 0.490 e. The fourth-order valence-corrected chi connectivity index (χ4v) is 4.33. The molecule has 0 saturated carbocycles. The number of nitrogens with one attached hydrogen (secondary N) is 1. The van der Waals surface area contributed by atoms with Crippen LogP contribution in [0.5, 0.6) is 11.5 Å². The quantitative estimate of drug-likeness (QED) is 0.232. The highest BCUT2D eigenvalue weighted by atomic mass is 32.2. The Morgan fingerprint density at radius 3 is 2.42 bits per heavy atom. The third-order valence-electron chi connectivity index (χ3n) is 5.65. The van der Waals surface area contributed by atoms with E-state index >= 15 is 0 Å². The Morgan fingerprint density at radius 2 is 1.71 bits per heavy atom. The summed E-state index contributed by atoms with van der Waals surface area (Å²) in [5.74, 6) is 0.373. The number of hydrogen-bond acceptors (Lipinski definition) is 6. The van der Waals surface area contributed by atoms with Gasteiger partial charge in [0.25, 0.3) is 5.91 Å². The zero-order chi connectivity index (χ0) is 27.1. The standard InChI is InChI=1S/C29H25N3O5S/c1-2-36-28-17-20(10-15-27(28)37-19-22-8-5-7-21-6-3-4-9-26(21)22)16-23(18-30)29(33)32-24-11-13-25(14-12-24)38(31,34)35/h3-17H,2,19H2,1H3,(H,32,33)(H2,31,34,35)/b23-16+. The third kappa shape index (κ3) is 6.37. The first kappa shape index (κ1) is 26.4. The van der Waals surface area contributed by atoms with E-state index in [1.165, 1.54) is 30.3 Å². The van der Waals surface area contributed by atoms with Crippen molar-refractivity contribution in [3.63, 3.8) is 0 Å². The van der Waals surface area contributed by atoms with Crippen molar-refractivity contribution in [2.75, 3.05) is 11.9 Å². The van der Waals surface area contributed by atoms with E-state index in [9.17, 15) is 18.5 Å². The number of sulfonamides is 1. The zero-order valence-electron chi connectivity index (χ0n) is 20.5. The highest BCUT2D eigenvalue weighted by Crippen LogP contribution is 2.31. The summed E-state index contributed by atoms with van der Waals surface area (Å²) in [4.78, 5) is 12.6. The van der Waals surface area contributed by atoms with E-state index in [1.807, 2.05) is 55.5 Å². The van der Waals surface area contributed by atoms with Gasteiger partial charge in [0.1, 0.15) is 18.2 Å². The van der Waals surface area contributed by atoms with Gasteiger partial charge in [0.2, 0.25) is 10.0 Å². The number of hydrogen-bond donors (Lipinski definition) is 2. The Hall–Kier alpha value is -4.65. The average molecular weight is 528 g/mol. The molecule has 0 aliphatic rings. The lowest BCUT2D eigenvalue weighted by Gasteiger charge is -2.14. The molecule has 0 aliphatic heterocycles. The van der Waals surface area contributed by atoms with Gasteiger partial charge in [0, 0.05) is 5.69 Å². The summed E-state index contributed by atoms with van der Waals surface area (Å²) in [5, 5.41) is 19.5. The molecule has 0 fully saturated rings. The van der Waals surface area contributed by atoms with Gasteiger partial charge in [-0.25, -0.2) is 13.6 Å². The van der Waals surface area contributed by atoms with Crippen LogP contribution in [-0.2, 0) is 21.4 Å². The molecule has 4 rings (SSSR count). The molecule has 9 heteroatoms. The summed E-state index contributed by atoms with van der Waals surface area (Å²) in [7, 11) is -3.85. The van der Waals surface area contributed by atoms with E-state index < -0.39 is 15.9 Å². The number of anilines is 1. The normalized spacial score (nSPS) is 11.6. The SMILES string of the molecule is CCOc1cc(/C=C(\C#N)C(=O)Nc2ccc(S(N)(=O)=O)cc2)ccc1OCc1cccc2ccccc12. The molecule has 0 unspecified atom stereocenters. The Bertz CT molecular complexity index is 1650. The van der Waals surface area contributed by atoms with Crippen molar-refractivity contribution in [2.45, 2.75) is 18.4 Å². The second-order valence-corrected chi connectivity index (χ2v) is 9.82. The summed E-state index contributed by atoms with van der Waals surface area (Å²) >= 11 is 0. The molecular weight excluding hydrogens is 502 g/mol. The van der Waals surface area contributed by atoms with Crippen LogP contribution in [0.3, 0.4) is 0 Å². The molecule has 0 saturated heterocycles. The first-order valence-corrected chi connectivity index (χ1v) is 13.3. The van der Waals surface area contributed by atoms with Crippen LogP contribution < -0.4 is 19.9 Å². The van der Waals surface area contributed by atoms with E-state index in [4.69, 9.17) is 14.6 Å². The van der Waals surface area contributed by atoms with Crippen molar-refractivity contribution in [2.24, 2.45) is 5.14 Å². The van der Waals surface area contributed by atoms with Crippen molar-refractivity contribution in [3.05, 3.63) is 102 Å². The van der Waals surface area contributed by atoms with Gasteiger partial charge in [-0.05, 0) is 71.3 Å². The maximum atomic E-state index is 12.7. The molecule has 0 heterocycles. The minimum atomic E-state index is -3.85. The van der Waals surface area contributed by atoms with Crippen LogP contribution in [-0.4, -0.2) is 20.9 Å². The molecule has 0 radical (unpaired) electrons. The molecule has 0 spiro atoms. The number of amides is 1. The predicted octanol–water partition coefficient (Wildman–Crippen LogP) is 5.01. The van der Waals surface area contributed by atoms with Crippen molar-refractivity contribution in [1.82, 2.24) is 0 Å². The summed E-state index contributed by atoms with van der Waals surface area (Å²) in [5.41, 5.74) is 1.78. The molecule has 0 aromatic heterocycles. The molecule has 0 bridgehead atoms. The lowest BCUT2D eigenvalue weighted by Crippen LogP contribution is -2.14. The number of nitrogens with zero attached hydrogens (tertiary/aromatic N) is 1. The van der Waals surface area contributed by atoms with Crippen LogP contribution in [0, 0.1) is 11.3 Å². The first-order valence-electron chi connectivity index (χ1n) is 11.7. The zero-order valence-corrected chi connectivity index (χ0v) is 21.4. The van der Waals surface area contributed by atoms with Crippen LogP contribution in [0.4, 0.5) is 5.69 Å². The van der Waals surface area contributed by atoms with Crippen molar-refractivity contribution < 1.29 is 22.7 Å². The van der Waals surface area contributed by atoms with Crippen LogP contribution in [0.2, 0.25) is 0 Å². The summed E-state index contributed by atoms with van der Waals surface area (Å²) in [6.45, 7) is 2.59. The number of fused-ring (bicyclic) bond motifs is 1. The maximum absolute atomic E-state index is 12.7. The molecule has 38 heavy (non-hydrogen) atoms. The molecular formula is C29H25N3O5S. The number of primary sulfonamides is 1. The number of nitrogens with two attached hydrogens (primary N) is 1. The number of carbonyl (C=O) groups is 1. The number of rotatable bonds is 9. The lowest BCUT2D eigenvalue weighted by molar-refractivity contribution is -0.112. The van der Waals surface area contributed by atoms with Crippen molar-refractivity contribution in [1.29, 1.82) is 5.26 Å². The topological polar surface area (TPSA) is 132 Å². The minimum absolute atomic E-state index is 0.0854. The van der Waals surface area contributed by atoms with E-state index in [2.05, 4.69) is 5.32 Å². The van der Waals surface area contributed by atoms with Crippen LogP contribution >= 0.6 is 0 Å². The highest BCUT2D eigenvalue weighted by Gasteiger charge is 2.13. The fourth-order valence-electron chi connectivity index (χ4n) is 3.82. The Balaban J connectivity index is 1.52. The fraction of sp³-hybridized carbons (Fsp3) is 0.103. The third-order valence-corrected chi connectivity index (χ3v) is 6.58. The van der Waals surface area contributed by atoms with Gasteiger partial charge >= 0.3 is 0 Å². The van der Waals surface area contributed by atoms with Gasteiger partial charge in [0.05, 0.1) is 11.5 Å². The van der Waals surface area contributed by atoms with Crippen molar-refractivity contribution >= 4 is 38.5 Å². The van der Waals surface area contributed by atoms with Gasteiger partial charge < -0.3 is 14.8 Å². The molecule has 4 aromatic carbocycles. The molecule has 8 nitrogen and oxygen atoms in total. The number of carbonyl (C=O) groups excluding carboxylic acids is 1. The van der Waals surface area contributed by atoms with Gasteiger partial charge in [-0.1, -0.05) is 48.5 Å². The van der Waals surface area contributed by atoms with Crippen molar-refractivity contribution in [3.8, 4) is 17.6 Å². The van der Waals surface area contributed by atoms with Gasteiger partial charge in [-0.3, -0.25) is 4.79 Å². The number of benzene rings is 4. The van der Waals surface area contributed by atoms with Gasteiger partial charge in [-0.2, -0.15) is 5.26 Å². The van der Waals surface area contributed by atoms with Gasteiger partial charge in [0.15, 0.2) is 11.5 Å². The van der Waals surface area contributed by atoms with Crippen LogP contribution in [0.1, 0.15) is 18.1 Å². The minimum Gasteiger partial charge on any atom is -0.490 e. The first-order chi connectivity index (χ1) is 18.3. The molecule has 0 aliphatic carbocycles. The summed E-state index contributed by atoms with van der Waals surface area (Å²) in [6.07, 6.45) is 1.44.